The zero-order valence-corrected chi connectivity index (χ0v) is 15.3. The van der Waals surface area contributed by atoms with Crippen LogP contribution in [0.1, 0.15) is 17.5 Å². The summed E-state index contributed by atoms with van der Waals surface area (Å²) in [5.74, 6) is -0.537. The number of H-pyrrole nitrogens is 1. The van der Waals surface area contributed by atoms with Crippen molar-refractivity contribution in [3.8, 4) is 0 Å². The van der Waals surface area contributed by atoms with E-state index in [9.17, 15) is 12.8 Å². The lowest BCUT2D eigenvalue weighted by Crippen LogP contribution is -2.36. The van der Waals surface area contributed by atoms with Gasteiger partial charge in [-0.15, -0.1) is 6.58 Å². The standard InChI is InChI=1S/C20H21FN2O2S/c1-3-6-16(11-15-13-22-20-8-5-4-7-18(15)20)23-26(24,25)17-10-9-14(2)19(21)12-17/h3-5,7-10,12-13,16,22-23H,1,6,11H2,2H3/t16-/m0/s1. The minimum absolute atomic E-state index is 0.0754. The van der Waals surface area contributed by atoms with Crippen molar-refractivity contribution in [1.82, 2.24) is 9.71 Å². The van der Waals surface area contributed by atoms with Crippen LogP contribution in [0.25, 0.3) is 10.9 Å². The normalized spacial score (nSPS) is 13.0. The van der Waals surface area contributed by atoms with Crippen molar-refractivity contribution in [3.05, 3.63) is 78.3 Å². The van der Waals surface area contributed by atoms with Crippen LogP contribution in [-0.2, 0) is 16.4 Å². The fourth-order valence-electron chi connectivity index (χ4n) is 2.97. The van der Waals surface area contributed by atoms with Crippen molar-refractivity contribution < 1.29 is 12.8 Å². The third kappa shape index (κ3) is 3.86. The van der Waals surface area contributed by atoms with Gasteiger partial charge in [0.25, 0.3) is 0 Å². The van der Waals surface area contributed by atoms with Gasteiger partial charge in [-0.25, -0.2) is 17.5 Å². The molecule has 0 aliphatic carbocycles. The van der Waals surface area contributed by atoms with Gasteiger partial charge in [-0.2, -0.15) is 0 Å². The molecule has 0 aliphatic heterocycles. The van der Waals surface area contributed by atoms with Crippen molar-refractivity contribution in [1.29, 1.82) is 0 Å². The van der Waals surface area contributed by atoms with Crippen LogP contribution in [0.5, 0.6) is 0 Å². The molecule has 0 bridgehead atoms. The second-order valence-electron chi connectivity index (χ2n) is 6.32. The van der Waals surface area contributed by atoms with E-state index in [1.165, 1.54) is 12.1 Å². The number of sulfonamides is 1. The predicted molar refractivity (Wildman–Crippen MR) is 102 cm³/mol. The maximum atomic E-state index is 13.8. The van der Waals surface area contributed by atoms with Gasteiger partial charge in [0.2, 0.25) is 10.0 Å². The first-order chi connectivity index (χ1) is 12.4. The molecule has 0 fully saturated rings. The predicted octanol–water partition coefficient (Wildman–Crippen LogP) is 4.08. The highest BCUT2D eigenvalue weighted by atomic mass is 32.2. The van der Waals surface area contributed by atoms with Crippen LogP contribution < -0.4 is 4.72 Å². The smallest absolute Gasteiger partial charge is 0.240 e. The number of nitrogens with one attached hydrogen (secondary N) is 2. The van der Waals surface area contributed by atoms with Gasteiger partial charge in [-0.1, -0.05) is 30.3 Å². The summed E-state index contributed by atoms with van der Waals surface area (Å²) in [7, 11) is -3.83. The van der Waals surface area contributed by atoms with Gasteiger partial charge in [0, 0.05) is 23.1 Å². The number of fused-ring (bicyclic) bond motifs is 1. The fourth-order valence-corrected chi connectivity index (χ4v) is 4.23. The average Bonchev–Trinajstić information content (AvgIpc) is 3.00. The third-order valence-corrected chi connectivity index (χ3v) is 5.89. The van der Waals surface area contributed by atoms with E-state index in [0.717, 1.165) is 22.5 Å². The van der Waals surface area contributed by atoms with Crippen molar-refractivity contribution in [2.24, 2.45) is 0 Å². The van der Waals surface area contributed by atoms with Gasteiger partial charge in [0.1, 0.15) is 5.82 Å². The molecule has 2 aromatic carbocycles. The quantitative estimate of drug-likeness (QED) is 0.614. The molecule has 0 saturated heterocycles. The molecule has 0 spiro atoms. The Hall–Kier alpha value is -2.44. The van der Waals surface area contributed by atoms with Crippen LogP contribution in [0, 0.1) is 12.7 Å². The zero-order chi connectivity index (χ0) is 18.7. The number of aromatic amines is 1. The molecule has 26 heavy (non-hydrogen) atoms. The number of rotatable bonds is 7. The molecule has 0 radical (unpaired) electrons. The van der Waals surface area contributed by atoms with E-state index in [1.54, 1.807) is 13.0 Å². The van der Waals surface area contributed by atoms with Gasteiger partial charge >= 0.3 is 0 Å². The number of hydrogen-bond donors (Lipinski definition) is 2. The molecule has 0 saturated carbocycles. The van der Waals surface area contributed by atoms with Gasteiger partial charge in [0.05, 0.1) is 4.90 Å². The van der Waals surface area contributed by atoms with Gasteiger partial charge < -0.3 is 4.98 Å². The molecule has 2 N–H and O–H groups in total. The molecule has 4 nitrogen and oxygen atoms in total. The molecular weight excluding hydrogens is 351 g/mol. The Labute approximate surface area is 152 Å². The third-order valence-electron chi connectivity index (χ3n) is 4.37. The highest BCUT2D eigenvalue weighted by Crippen LogP contribution is 2.21. The molecule has 0 aliphatic rings. The van der Waals surface area contributed by atoms with E-state index in [1.807, 2.05) is 30.5 Å². The molecule has 1 aromatic heterocycles. The largest absolute Gasteiger partial charge is 0.361 e. The number of aromatic nitrogens is 1. The number of halogens is 1. The van der Waals surface area contributed by atoms with E-state index < -0.39 is 15.8 Å². The summed E-state index contributed by atoms with van der Waals surface area (Å²) in [4.78, 5) is 3.12. The molecule has 6 heteroatoms. The lowest BCUT2D eigenvalue weighted by Gasteiger charge is -2.17. The lowest BCUT2D eigenvalue weighted by atomic mass is 10.0. The van der Waals surface area contributed by atoms with E-state index in [4.69, 9.17) is 0 Å². The summed E-state index contributed by atoms with van der Waals surface area (Å²) in [6, 6.07) is 11.4. The topological polar surface area (TPSA) is 62.0 Å². The first-order valence-electron chi connectivity index (χ1n) is 8.35. The van der Waals surface area contributed by atoms with E-state index in [2.05, 4.69) is 16.3 Å². The van der Waals surface area contributed by atoms with Gasteiger partial charge in [-0.3, -0.25) is 0 Å². The Morgan fingerprint density at radius 3 is 2.77 bits per heavy atom. The summed E-state index contributed by atoms with van der Waals surface area (Å²) in [6.07, 6.45) is 4.54. The number of aryl methyl sites for hydroxylation is 1. The average molecular weight is 372 g/mol. The summed E-state index contributed by atoms with van der Waals surface area (Å²) in [5, 5.41) is 1.06. The van der Waals surface area contributed by atoms with E-state index >= 15 is 0 Å². The summed E-state index contributed by atoms with van der Waals surface area (Å²) in [5.41, 5.74) is 2.43. The Kier molecular flexibility index (Phi) is 5.25. The highest BCUT2D eigenvalue weighted by Gasteiger charge is 2.21. The van der Waals surface area contributed by atoms with Crippen LogP contribution >= 0.6 is 0 Å². The molecule has 0 amide bonds. The van der Waals surface area contributed by atoms with Crippen LogP contribution in [-0.4, -0.2) is 19.4 Å². The highest BCUT2D eigenvalue weighted by molar-refractivity contribution is 7.89. The number of benzene rings is 2. The summed E-state index contributed by atoms with van der Waals surface area (Å²) in [6.45, 7) is 5.31. The molecule has 3 aromatic rings. The zero-order valence-electron chi connectivity index (χ0n) is 14.5. The number of para-hydroxylation sites is 1. The minimum atomic E-state index is -3.83. The maximum Gasteiger partial charge on any atom is 0.240 e. The molecule has 3 rings (SSSR count). The summed E-state index contributed by atoms with van der Waals surface area (Å²) >= 11 is 0. The fraction of sp³-hybridized carbons (Fsp3) is 0.200. The molecule has 136 valence electrons. The second kappa shape index (κ2) is 7.43. The van der Waals surface area contributed by atoms with Crippen molar-refractivity contribution in [3.63, 3.8) is 0 Å². The van der Waals surface area contributed by atoms with Crippen molar-refractivity contribution >= 4 is 20.9 Å². The molecular formula is C20H21FN2O2S. The van der Waals surface area contributed by atoms with Gasteiger partial charge in [0.15, 0.2) is 0 Å². The first-order valence-corrected chi connectivity index (χ1v) is 9.83. The Bertz CT molecular complexity index is 1040. The lowest BCUT2D eigenvalue weighted by molar-refractivity contribution is 0.545. The van der Waals surface area contributed by atoms with E-state index in [-0.39, 0.29) is 10.9 Å². The van der Waals surface area contributed by atoms with Crippen LogP contribution in [0.15, 0.2) is 66.2 Å². The molecule has 1 atom stereocenters. The van der Waals surface area contributed by atoms with Crippen LogP contribution in [0.2, 0.25) is 0 Å². The molecule has 1 heterocycles. The SMILES string of the molecule is C=CC[C@@H](Cc1c[nH]c2ccccc12)NS(=O)(=O)c1ccc(C)c(F)c1. The minimum Gasteiger partial charge on any atom is -0.361 e. The number of hydrogen-bond acceptors (Lipinski definition) is 2. The Balaban J connectivity index is 1.85. The van der Waals surface area contributed by atoms with E-state index in [0.29, 0.717) is 18.4 Å². The van der Waals surface area contributed by atoms with Crippen molar-refractivity contribution in [2.45, 2.75) is 30.7 Å². The monoisotopic (exact) mass is 372 g/mol. The van der Waals surface area contributed by atoms with Crippen LogP contribution in [0.3, 0.4) is 0 Å². The Morgan fingerprint density at radius 2 is 2.04 bits per heavy atom. The first kappa shape index (κ1) is 18.4. The maximum absolute atomic E-state index is 13.8. The molecule has 0 unspecified atom stereocenters. The van der Waals surface area contributed by atoms with Crippen LogP contribution in [0.4, 0.5) is 4.39 Å². The second-order valence-corrected chi connectivity index (χ2v) is 8.03. The van der Waals surface area contributed by atoms with Gasteiger partial charge in [-0.05, 0) is 49.1 Å². The Morgan fingerprint density at radius 1 is 1.27 bits per heavy atom. The summed E-state index contributed by atoms with van der Waals surface area (Å²) < 4.78 is 41.7. The van der Waals surface area contributed by atoms with Crippen molar-refractivity contribution in [2.75, 3.05) is 0 Å².